The van der Waals surface area contributed by atoms with Crippen molar-refractivity contribution in [3.8, 4) is 0 Å². The molecule has 0 unspecified atom stereocenters. The average Bonchev–Trinajstić information content (AvgIpc) is 2.14. The van der Waals surface area contributed by atoms with Gasteiger partial charge in [0.2, 0.25) is 0 Å². The van der Waals surface area contributed by atoms with E-state index in [0.717, 1.165) is 24.9 Å². The summed E-state index contributed by atoms with van der Waals surface area (Å²) in [5.41, 5.74) is 11.0. The van der Waals surface area contributed by atoms with Gasteiger partial charge in [-0.15, -0.1) is 0 Å². The fourth-order valence-corrected chi connectivity index (χ4v) is 1.70. The Morgan fingerprint density at radius 2 is 1.77 bits per heavy atom. The van der Waals surface area contributed by atoms with Crippen molar-refractivity contribution < 1.29 is 0 Å². The lowest BCUT2D eigenvalue weighted by atomic mass is 9.98. The summed E-state index contributed by atoms with van der Waals surface area (Å²) in [6, 6.07) is 4.38. The van der Waals surface area contributed by atoms with Gasteiger partial charge in [-0.1, -0.05) is 32.4 Å². The van der Waals surface area contributed by atoms with Crippen LogP contribution in [-0.4, -0.2) is 0 Å². The van der Waals surface area contributed by atoms with Crippen molar-refractivity contribution in [2.45, 2.75) is 40.0 Å². The van der Waals surface area contributed by atoms with E-state index in [1.165, 1.54) is 16.7 Å². The number of hydrogen-bond donors (Lipinski definition) is 1. The van der Waals surface area contributed by atoms with Gasteiger partial charge >= 0.3 is 0 Å². The summed E-state index contributed by atoms with van der Waals surface area (Å²) in [5.74, 6) is 0. The molecule has 0 saturated carbocycles. The molecule has 72 valence electrons. The van der Waals surface area contributed by atoms with Gasteiger partial charge in [0.1, 0.15) is 0 Å². The monoisotopic (exact) mass is 177 g/mol. The number of hydrogen-bond acceptors (Lipinski definition) is 1. The van der Waals surface area contributed by atoms with Crippen LogP contribution in [0.3, 0.4) is 0 Å². The highest BCUT2D eigenvalue weighted by Gasteiger charge is 2.04. The minimum absolute atomic E-state index is 1.00. The van der Waals surface area contributed by atoms with Gasteiger partial charge in [0.05, 0.1) is 0 Å². The second-order valence-electron chi connectivity index (χ2n) is 3.53. The molecular formula is C12H19N. The number of nitrogen functional groups attached to an aromatic ring is 1. The summed E-state index contributed by atoms with van der Waals surface area (Å²) in [6.07, 6.45) is 3.33. The molecule has 0 atom stereocenters. The van der Waals surface area contributed by atoms with Crippen LogP contribution in [0.4, 0.5) is 5.69 Å². The molecule has 0 aliphatic rings. The zero-order valence-corrected chi connectivity index (χ0v) is 8.85. The highest BCUT2D eigenvalue weighted by Crippen LogP contribution is 2.22. The third-order valence-corrected chi connectivity index (χ3v) is 2.62. The van der Waals surface area contributed by atoms with Crippen LogP contribution in [-0.2, 0) is 12.8 Å². The topological polar surface area (TPSA) is 26.0 Å². The molecule has 1 rings (SSSR count). The van der Waals surface area contributed by atoms with Crippen LogP contribution in [0.25, 0.3) is 0 Å². The van der Waals surface area contributed by atoms with Crippen LogP contribution in [0.2, 0.25) is 0 Å². The van der Waals surface area contributed by atoms with Crippen molar-refractivity contribution in [1.29, 1.82) is 0 Å². The highest BCUT2D eigenvalue weighted by atomic mass is 14.6. The molecule has 0 aromatic heterocycles. The Kier molecular flexibility index (Phi) is 3.35. The van der Waals surface area contributed by atoms with E-state index < -0.39 is 0 Å². The third kappa shape index (κ3) is 2.03. The summed E-state index contributed by atoms with van der Waals surface area (Å²) in [5, 5.41) is 0. The van der Waals surface area contributed by atoms with E-state index in [0.29, 0.717) is 0 Å². The smallest absolute Gasteiger partial charge is 0.0379 e. The number of benzene rings is 1. The lowest BCUT2D eigenvalue weighted by Gasteiger charge is -2.11. The van der Waals surface area contributed by atoms with Gasteiger partial charge in [-0.3, -0.25) is 0 Å². The fourth-order valence-electron chi connectivity index (χ4n) is 1.70. The maximum atomic E-state index is 6.05. The predicted octanol–water partition coefficient (Wildman–Crippen LogP) is 3.09. The third-order valence-electron chi connectivity index (χ3n) is 2.62. The Morgan fingerprint density at radius 3 is 2.31 bits per heavy atom. The fraction of sp³-hybridized carbons (Fsp3) is 0.500. The maximum Gasteiger partial charge on any atom is 0.0379 e. The number of rotatable bonds is 3. The van der Waals surface area contributed by atoms with Gasteiger partial charge in [0, 0.05) is 5.69 Å². The molecule has 0 aliphatic heterocycles. The van der Waals surface area contributed by atoms with E-state index in [4.69, 9.17) is 5.73 Å². The minimum Gasteiger partial charge on any atom is -0.398 e. The summed E-state index contributed by atoms with van der Waals surface area (Å²) >= 11 is 0. The molecular weight excluding hydrogens is 158 g/mol. The Labute approximate surface area is 81.0 Å². The summed E-state index contributed by atoms with van der Waals surface area (Å²) in [4.78, 5) is 0. The van der Waals surface area contributed by atoms with Crippen molar-refractivity contribution in [1.82, 2.24) is 0 Å². The maximum absolute atomic E-state index is 6.05. The Bertz CT molecular complexity index is 289. The molecule has 1 aromatic rings. The Hall–Kier alpha value is -0.980. The molecule has 1 heteroatoms. The zero-order chi connectivity index (χ0) is 9.84. The van der Waals surface area contributed by atoms with Crippen LogP contribution < -0.4 is 5.73 Å². The molecule has 1 aromatic carbocycles. The van der Waals surface area contributed by atoms with Gasteiger partial charge in [-0.25, -0.2) is 0 Å². The van der Waals surface area contributed by atoms with Gasteiger partial charge in [-0.2, -0.15) is 0 Å². The predicted molar refractivity (Wildman–Crippen MR) is 59.0 cm³/mol. The first-order chi connectivity index (χ1) is 6.20. The van der Waals surface area contributed by atoms with Gasteiger partial charge in [-0.05, 0) is 36.5 Å². The van der Waals surface area contributed by atoms with Crippen LogP contribution >= 0.6 is 0 Å². The highest BCUT2D eigenvalue weighted by molar-refractivity contribution is 5.56. The Morgan fingerprint density at radius 1 is 1.15 bits per heavy atom. The summed E-state index contributed by atoms with van der Waals surface area (Å²) in [7, 11) is 0. The minimum atomic E-state index is 1.00. The quantitative estimate of drug-likeness (QED) is 0.705. The summed E-state index contributed by atoms with van der Waals surface area (Å²) in [6.45, 7) is 6.47. The number of aryl methyl sites for hydroxylation is 2. The lowest BCUT2D eigenvalue weighted by molar-refractivity contribution is 0.920. The number of anilines is 1. The van der Waals surface area contributed by atoms with E-state index in [1.54, 1.807) is 0 Å². The average molecular weight is 177 g/mol. The van der Waals surface area contributed by atoms with Crippen LogP contribution in [0, 0.1) is 6.92 Å². The number of nitrogens with two attached hydrogens (primary N) is 1. The molecule has 1 nitrogen and oxygen atoms in total. The van der Waals surface area contributed by atoms with E-state index >= 15 is 0 Å². The van der Waals surface area contributed by atoms with Crippen molar-refractivity contribution in [2.75, 3.05) is 5.73 Å². The molecule has 0 spiro atoms. The normalized spacial score (nSPS) is 10.4. The molecule has 0 amide bonds. The molecule has 0 fully saturated rings. The van der Waals surface area contributed by atoms with Crippen molar-refractivity contribution in [2.24, 2.45) is 0 Å². The molecule has 0 heterocycles. The second kappa shape index (κ2) is 4.31. The van der Waals surface area contributed by atoms with Gasteiger partial charge in [0.15, 0.2) is 0 Å². The zero-order valence-electron chi connectivity index (χ0n) is 8.85. The lowest BCUT2D eigenvalue weighted by Crippen LogP contribution is -2.00. The van der Waals surface area contributed by atoms with Crippen LogP contribution in [0.1, 0.15) is 37.0 Å². The molecule has 0 aliphatic carbocycles. The van der Waals surface area contributed by atoms with E-state index in [9.17, 15) is 0 Å². The van der Waals surface area contributed by atoms with E-state index in [1.807, 2.05) is 0 Å². The molecule has 13 heavy (non-hydrogen) atoms. The molecule has 0 bridgehead atoms. The van der Waals surface area contributed by atoms with Gasteiger partial charge in [0.25, 0.3) is 0 Å². The van der Waals surface area contributed by atoms with E-state index in [-0.39, 0.29) is 0 Å². The molecule has 0 saturated heterocycles. The van der Waals surface area contributed by atoms with E-state index in [2.05, 4.69) is 32.9 Å². The molecule has 2 N–H and O–H groups in total. The largest absolute Gasteiger partial charge is 0.398 e. The summed E-state index contributed by atoms with van der Waals surface area (Å²) < 4.78 is 0. The standard InChI is InChI=1S/C12H19N/c1-4-6-11-8-7-10(5-2)9(3)12(11)13/h7-8H,4-6,13H2,1-3H3. The first-order valence-corrected chi connectivity index (χ1v) is 5.07. The Balaban J connectivity index is 3.07. The van der Waals surface area contributed by atoms with Crippen molar-refractivity contribution >= 4 is 5.69 Å². The van der Waals surface area contributed by atoms with Crippen molar-refractivity contribution in [3.63, 3.8) is 0 Å². The van der Waals surface area contributed by atoms with Crippen LogP contribution in [0.5, 0.6) is 0 Å². The van der Waals surface area contributed by atoms with Gasteiger partial charge < -0.3 is 5.73 Å². The first kappa shape index (κ1) is 10.1. The van der Waals surface area contributed by atoms with Crippen molar-refractivity contribution in [3.05, 3.63) is 28.8 Å². The molecule has 0 radical (unpaired) electrons. The van der Waals surface area contributed by atoms with Crippen LogP contribution in [0.15, 0.2) is 12.1 Å². The first-order valence-electron chi connectivity index (χ1n) is 5.07. The second-order valence-corrected chi connectivity index (χ2v) is 3.53. The SMILES string of the molecule is CCCc1ccc(CC)c(C)c1N.